The molecule has 110 valence electrons. The van der Waals surface area contributed by atoms with Crippen LogP contribution in [0.15, 0.2) is 49.8 Å². The quantitative estimate of drug-likeness (QED) is 0.489. The van der Waals surface area contributed by atoms with Crippen LogP contribution in [0.3, 0.4) is 0 Å². The van der Waals surface area contributed by atoms with Crippen LogP contribution in [0.1, 0.15) is 5.89 Å². The molecule has 0 saturated heterocycles. The van der Waals surface area contributed by atoms with Crippen molar-refractivity contribution in [2.45, 2.75) is 10.1 Å². The van der Waals surface area contributed by atoms with Crippen molar-refractivity contribution in [3.63, 3.8) is 0 Å². The van der Waals surface area contributed by atoms with Crippen LogP contribution < -0.4 is 0 Å². The summed E-state index contributed by atoms with van der Waals surface area (Å²) in [5, 5.41) is 8.67. The Morgan fingerprint density at radius 2 is 2.18 bits per heavy atom. The summed E-state index contributed by atoms with van der Waals surface area (Å²) in [5.74, 6) is 2.05. The van der Waals surface area contributed by atoms with Crippen LogP contribution >= 0.6 is 34.7 Å². The number of halogens is 1. The van der Waals surface area contributed by atoms with E-state index in [2.05, 4.69) is 15.2 Å². The van der Waals surface area contributed by atoms with E-state index in [1.54, 1.807) is 41.5 Å². The summed E-state index contributed by atoms with van der Waals surface area (Å²) in [4.78, 5) is 4.53. The van der Waals surface area contributed by atoms with Gasteiger partial charge in [0.15, 0.2) is 10.1 Å². The van der Waals surface area contributed by atoms with Crippen LogP contribution in [-0.4, -0.2) is 15.2 Å². The average Bonchev–Trinajstić information content (AvgIpc) is 3.24. The molecule has 22 heavy (non-hydrogen) atoms. The second-order valence-corrected chi connectivity index (χ2v) is 7.05. The number of thiazole rings is 1. The van der Waals surface area contributed by atoms with E-state index in [0.717, 1.165) is 14.6 Å². The predicted octanol–water partition coefficient (Wildman–Crippen LogP) is 4.89. The molecule has 4 aromatic rings. The minimum absolute atomic E-state index is 0.386. The molecular weight excluding hydrogens is 342 g/mol. The van der Waals surface area contributed by atoms with Gasteiger partial charge in [-0.05, 0) is 30.3 Å². The molecule has 0 fully saturated rings. The maximum atomic E-state index is 5.97. The summed E-state index contributed by atoms with van der Waals surface area (Å²) in [5.41, 5.74) is 0.904. The molecule has 8 heteroatoms. The normalized spacial score (nSPS) is 11.3. The van der Waals surface area contributed by atoms with Crippen LogP contribution in [0.4, 0.5) is 0 Å². The molecule has 0 aliphatic carbocycles. The van der Waals surface area contributed by atoms with Gasteiger partial charge in [-0.1, -0.05) is 23.4 Å². The third-order valence-corrected chi connectivity index (χ3v) is 5.25. The molecule has 0 radical (unpaired) electrons. The Morgan fingerprint density at radius 3 is 3.05 bits per heavy atom. The number of fused-ring (bicyclic) bond motifs is 1. The highest BCUT2D eigenvalue weighted by molar-refractivity contribution is 8.00. The summed E-state index contributed by atoms with van der Waals surface area (Å²) in [6, 6.07) is 9.26. The Labute approximate surface area is 138 Å². The topological polar surface area (TPSA) is 65.0 Å². The van der Waals surface area contributed by atoms with E-state index in [1.165, 1.54) is 0 Å². The molecule has 0 spiro atoms. The largest absolute Gasteiger partial charge is 0.459 e. The van der Waals surface area contributed by atoms with E-state index in [1.807, 2.05) is 18.2 Å². The van der Waals surface area contributed by atoms with E-state index in [-0.39, 0.29) is 0 Å². The van der Waals surface area contributed by atoms with Crippen molar-refractivity contribution < 1.29 is 8.83 Å². The predicted molar refractivity (Wildman–Crippen MR) is 86.2 cm³/mol. The number of benzene rings is 1. The molecular formula is C14H8ClN3O2S2. The fourth-order valence-electron chi connectivity index (χ4n) is 1.88. The molecule has 0 saturated carbocycles. The van der Waals surface area contributed by atoms with Crippen molar-refractivity contribution in [2.24, 2.45) is 0 Å². The Bertz CT molecular complexity index is 917. The first-order chi connectivity index (χ1) is 10.8. The minimum Gasteiger partial charge on any atom is -0.459 e. The van der Waals surface area contributed by atoms with Gasteiger partial charge in [-0.3, -0.25) is 0 Å². The molecule has 4 rings (SSSR count). The molecule has 3 aromatic heterocycles. The zero-order valence-corrected chi connectivity index (χ0v) is 13.4. The van der Waals surface area contributed by atoms with Crippen molar-refractivity contribution in [2.75, 3.05) is 0 Å². The molecule has 0 amide bonds. The molecule has 0 atom stereocenters. The molecule has 1 aromatic carbocycles. The second kappa shape index (κ2) is 5.75. The van der Waals surface area contributed by atoms with Gasteiger partial charge in [0, 0.05) is 5.02 Å². The van der Waals surface area contributed by atoms with Crippen LogP contribution in [0.2, 0.25) is 5.02 Å². The number of nitrogens with zero attached hydrogens (tertiary/aromatic N) is 3. The number of hydrogen-bond donors (Lipinski definition) is 0. The summed E-state index contributed by atoms with van der Waals surface area (Å²) in [6.07, 6.45) is 1.57. The first kappa shape index (κ1) is 13.8. The lowest BCUT2D eigenvalue weighted by Gasteiger charge is -1.91. The lowest BCUT2D eigenvalue weighted by molar-refractivity contribution is 0.494. The highest BCUT2D eigenvalue weighted by Gasteiger charge is 2.12. The highest BCUT2D eigenvalue weighted by Crippen LogP contribution is 2.32. The Morgan fingerprint density at radius 1 is 1.23 bits per heavy atom. The first-order valence-corrected chi connectivity index (χ1v) is 8.51. The maximum Gasteiger partial charge on any atom is 0.283 e. The zero-order valence-electron chi connectivity index (χ0n) is 11.0. The van der Waals surface area contributed by atoms with Crippen LogP contribution in [-0.2, 0) is 5.75 Å². The minimum atomic E-state index is 0.386. The van der Waals surface area contributed by atoms with Gasteiger partial charge < -0.3 is 8.83 Å². The average molecular weight is 350 g/mol. The fourth-order valence-corrected chi connectivity index (χ4v) is 3.93. The van der Waals surface area contributed by atoms with Crippen molar-refractivity contribution in [1.29, 1.82) is 0 Å². The SMILES string of the molecule is Clc1ccc2sc(SCc3nnc(-c4ccco4)o3)nc2c1. The monoisotopic (exact) mass is 349 g/mol. The van der Waals surface area contributed by atoms with Crippen molar-refractivity contribution in [3.05, 3.63) is 47.5 Å². The summed E-state index contributed by atoms with van der Waals surface area (Å²) >= 11 is 9.14. The first-order valence-electron chi connectivity index (χ1n) is 6.33. The van der Waals surface area contributed by atoms with Gasteiger partial charge in [0.05, 0.1) is 22.2 Å². The van der Waals surface area contributed by atoms with Gasteiger partial charge in [-0.15, -0.1) is 21.5 Å². The second-order valence-electron chi connectivity index (χ2n) is 4.36. The number of furan rings is 1. The lowest BCUT2D eigenvalue weighted by Crippen LogP contribution is -1.79. The van der Waals surface area contributed by atoms with Gasteiger partial charge in [-0.2, -0.15) is 0 Å². The van der Waals surface area contributed by atoms with Gasteiger partial charge >= 0.3 is 0 Å². The van der Waals surface area contributed by atoms with Gasteiger partial charge in [-0.25, -0.2) is 4.98 Å². The fraction of sp³-hybridized carbons (Fsp3) is 0.0714. The molecule has 0 N–H and O–H groups in total. The molecule has 5 nitrogen and oxygen atoms in total. The summed E-state index contributed by atoms with van der Waals surface area (Å²) in [6.45, 7) is 0. The Balaban J connectivity index is 1.49. The summed E-state index contributed by atoms with van der Waals surface area (Å²) in [7, 11) is 0. The van der Waals surface area contributed by atoms with Crippen LogP contribution in [0.5, 0.6) is 0 Å². The van der Waals surface area contributed by atoms with Crippen molar-refractivity contribution >= 4 is 44.9 Å². The third-order valence-electron chi connectivity index (χ3n) is 2.85. The summed E-state index contributed by atoms with van der Waals surface area (Å²) < 4.78 is 12.8. The molecule has 0 bridgehead atoms. The third kappa shape index (κ3) is 2.75. The van der Waals surface area contributed by atoms with Crippen LogP contribution in [0, 0.1) is 0 Å². The lowest BCUT2D eigenvalue weighted by atomic mass is 10.3. The van der Waals surface area contributed by atoms with E-state index in [0.29, 0.717) is 28.3 Å². The van der Waals surface area contributed by atoms with Gasteiger partial charge in [0.1, 0.15) is 0 Å². The molecule has 0 aliphatic rings. The highest BCUT2D eigenvalue weighted by atomic mass is 35.5. The number of rotatable bonds is 4. The smallest absolute Gasteiger partial charge is 0.283 e. The van der Waals surface area contributed by atoms with Crippen LogP contribution in [0.25, 0.3) is 21.9 Å². The van der Waals surface area contributed by atoms with Gasteiger partial charge in [0.2, 0.25) is 5.89 Å². The standard InChI is InChI=1S/C14H8ClN3O2S2/c15-8-3-4-11-9(6-8)16-14(22-11)21-7-12-17-18-13(20-12)10-2-1-5-19-10/h1-6H,7H2. The molecule has 0 aliphatic heterocycles. The number of aromatic nitrogens is 3. The maximum absolute atomic E-state index is 5.97. The van der Waals surface area contributed by atoms with E-state index < -0.39 is 0 Å². The van der Waals surface area contributed by atoms with Gasteiger partial charge in [0.25, 0.3) is 5.89 Å². The number of thioether (sulfide) groups is 1. The molecule has 0 unspecified atom stereocenters. The number of hydrogen-bond acceptors (Lipinski definition) is 7. The van der Waals surface area contributed by atoms with E-state index in [4.69, 9.17) is 20.4 Å². The van der Waals surface area contributed by atoms with E-state index in [9.17, 15) is 0 Å². The molecule has 3 heterocycles. The van der Waals surface area contributed by atoms with Crippen molar-refractivity contribution in [3.8, 4) is 11.7 Å². The Kier molecular flexibility index (Phi) is 3.61. The zero-order chi connectivity index (χ0) is 14.9. The van der Waals surface area contributed by atoms with Crippen molar-refractivity contribution in [1.82, 2.24) is 15.2 Å². The van der Waals surface area contributed by atoms with E-state index >= 15 is 0 Å². The Hall–Kier alpha value is -1.83.